The van der Waals surface area contributed by atoms with Crippen LogP contribution in [0.2, 0.25) is 0 Å². The van der Waals surface area contributed by atoms with E-state index in [-0.39, 0.29) is 25.0 Å². The van der Waals surface area contributed by atoms with Crippen LogP contribution in [0.15, 0.2) is 34.9 Å². The molecule has 1 aliphatic rings. The Balaban J connectivity index is 2.82. The molecular formula is C20H31BrO7. The molecule has 0 spiro atoms. The average Bonchev–Trinajstić information content (AvgIpc) is 2.67. The number of carbonyl (C=O) groups is 1. The van der Waals surface area contributed by atoms with Crippen molar-refractivity contribution in [3.8, 4) is 0 Å². The number of aliphatic hydroxyl groups excluding tert-OH is 1. The zero-order chi connectivity index (χ0) is 21.2. The van der Waals surface area contributed by atoms with Crippen molar-refractivity contribution in [2.24, 2.45) is 0 Å². The molecule has 0 bridgehead atoms. The van der Waals surface area contributed by atoms with Gasteiger partial charge in [-0.2, -0.15) is 0 Å². The Labute approximate surface area is 175 Å². The van der Waals surface area contributed by atoms with Crippen LogP contribution < -0.4 is 0 Å². The lowest BCUT2D eigenvalue weighted by atomic mass is 9.93. The summed E-state index contributed by atoms with van der Waals surface area (Å²) in [7, 11) is 4.40. The highest BCUT2D eigenvalue weighted by Gasteiger charge is 2.44. The lowest BCUT2D eigenvalue weighted by Gasteiger charge is -2.41. The molecule has 0 amide bonds. The summed E-state index contributed by atoms with van der Waals surface area (Å²) in [6.07, 6.45) is 6.13. The molecule has 0 unspecified atom stereocenters. The molecule has 8 heteroatoms. The number of halogens is 1. The number of rotatable bonds is 10. The molecule has 160 valence electrons. The van der Waals surface area contributed by atoms with E-state index in [4.69, 9.17) is 14.2 Å². The zero-order valence-electron chi connectivity index (χ0n) is 16.8. The fraction of sp³-hybridized carbons (Fsp3) is 0.650. The molecule has 0 aromatic carbocycles. The highest BCUT2D eigenvalue weighted by molar-refractivity contribution is 9.11. The van der Waals surface area contributed by atoms with Crippen molar-refractivity contribution in [2.75, 3.05) is 21.3 Å². The van der Waals surface area contributed by atoms with Gasteiger partial charge in [-0.25, -0.2) is 0 Å². The van der Waals surface area contributed by atoms with Crippen LogP contribution in [-0.2, 0) is 23.7 Å². The van der Waals surface area contributed by atoms with E-state index < -0.39 is 24.0 Å². The normalized spacial score (nSPS) is 28.6. The fourth-order valence-corrected chi connectivity index (χ4v) is 3.22. The predicted octanol–water partition coefficient (Wildman–Crippen LogP) is 2.61. The molecule has 0 saturated carbocycles. The second-order valence-corrected chi connectivity index (χ2v) is 7.31. The Morgan fingerprint density at radius 2 is 2.11 bits per heavy atom. The molecule has 5 atom stereocenters. The van der Waals surface area contributed by atoms with Gasteiger partial charge in [0.05, 0.1) is 37.9 Å². The highest BCUT2D eigenvalue weighted by Crippen LogP contribution is 2.33. The van der Waals surface area contributed by atoms with E-state index >= 15 is 0 Å². The fourth-order valence-electron chi connectivity index (χ4n) is 3.01. The van der Waals surface area contributed by atoms with Crippen molar-refractivity contribution in [2.45, 2.75) is 62.8 Å². The molecule has 2 N–H and O–H groups in total. The van der Waals surface area contributed by atoms with Gasteiger partial charge in [-0.15, -0.1) is 0 Å². The number of esters is 1. The van der Waals surface area contributed by atoms with Gasteiger partial charge in [0.15, 0.2) is 5.79 Å². The third-order valence-corrected chi connectivity index (χ3v) is 4.92. The van der Waals surface area contributed by atoms with E-state index in [0.717, 1.165) is 12.0 Å². The Hall–Kier alpha value is -1.03. The summed E-state index contributed by atoms with van der Waals surface area (Å²) in [4.78, 5) is 13.4. The second-order valence-electron chi connectivity index (χ2n) is 6.78. The van der Waals surface area contributed by atoms with Crippen molar-refractivity contribution in [1.82, 2.24) is 0 Å². The van der Waals surface area contributed by atoms with E-state index in [0.29, 0.717) is 6.42 Å². The largest absolute Gasteiger partial charge is 0.469 e. The van der Waals surface area contributed by atoms with Gasteiger partial charge in [-0.3, -0.25) is 4.79 Å². The molecule has 0 aliphatic carbocycles. The van der Waals surface area contributed by atoms with Crippen LogP contribution >= 0.6 is 15.9 Å². The van der Waals surface area contributed by atoms with E-state index in [1.165, 1.54) is 14.2 Å². The van der Waals surface area contributed by atoms with Crippen LogP contribution in [-0.4, -0.2) is 67.7 Å². The Morgan fingerprint density at radius 3 is 2.68 bits per heavy atom. The number of aliphatic hydroxyl groups is 2. The first kappa shape index (κ1) is 25.0. The Morgan fingerprint density at radius 1 is 1.39 bits per heavy atom. The third-order valence-electron chi connectivity index (χ3n) is 4.54. The van der Waals surface area contributed by atoms with Gasteiger partial charge in [0.2, 0.25) is 0 Å². The lowest BCUT2D eigenvalue weighted by Crippen LogP contribution is -2.51. The van der Waals surface area contributed by atoms with Crippen LogP contribution in [0.25, 0.3) is 0 Å². The summed E-state index contributed by atoms with van der Waals surface area (Å²) in [6.45, 7) is 1.85. The van der Waals surface area contributed by atoms with E-state index in [1.54, 1.807) is 18.2 Å². The van der Waals surface area contributed by atoms with Crippen LogP contribution in [0, 0.1) is 0 Å². The molecule has 1 heterocycles. The Kier molecular flexibility index (Phi) is 11.2. The highest BCUT2D eigenvalue weighted by atomic mass is 79.9. The molecule has 7 nitrogen and oxygen atoms in total. The quantitative estimate of drug-likeness (QED) is 0.380. The number of hydrogen-bond acceptors (Lipinski definition) is 7. The van der Waals surface area contributed by atoms with Crippen LogP contribution in [0.5, 0.6) is 0 Å². The summed E-state index contributed by atoms with van der Waals surface area (Å²) in [6, 6.07) is 0. The van der Waals surface area contributed by atoms with Crippen molar-refractivity contribution in [3.05, 3.63) is 34.9 Å². The number of carbonyl (C=O) groups excluding carboxylic acids is 1. The van der Waals surface area contributed by atoms with Crippen LogP contribution in [0.4, 0.5) is 0 Å². The zero-order valence-corrected chi connectivity index (χ0v) is 18.4. The summed E-state index contributed by atoms with van der Waals surface area (Å²) in [5.74, 6) is -2.33. The first-order chi connectivity index (χ1) is 13.3. The molecule has 0 aromatic heterocycles. The second kappa shape index (κ2) is 12.5. The number of methoxy groups -OCH3 is 3. The van der Waals surface area contributed by atoms with Gasteiger partial charge in [-0.05, 0) is 18.3 Å². The molecule has 1 saturated heterocycles. The van der Waals surface area contributed by atoms with Crippen molar-refractivity contribution < 1.29 is 34.0 Å². The minimum absolute atomic E-state index is 0.0803. The van der Waals surface area contributed by atoms with Crippen LogP contribution in [0.1, 0.15) is 32.6 Å². The van der Waals surface area contributed by atoms with Crippen molar-refractivity contribution in [1.29, 1.82) is 0 Å². The summed E-state index contributed by atoms with van der Waals surface area (Å²) in [5, 5.41) is 21.2. The molecule has 0 aromatic rings. The molecule has 1 rings (SSSR count). The summed E-state index contributed by atoms with van der Waals surface area (Å²) in [5.41, 5.74) is 0.817. The van der Waals surface area contributed by atoms with Crippen molar-refractivity contribution >= 4 is 21.9 Å². The maximum Gasteiger partial charge on any atom is 0.310 e. The molecule has 0 radical (unpaired) electrons. The smallest absolute Gasteiger partial charge is 0.310 e. The first-order valence-corrected chi connectivity index (χ1v) is 10.0. The summed E-state index contributed by atoms with van der Waals surface area (Å²) >= 11 is 3.22. The number of hydrogen-bond donors (Lipinski definition) is 2. The first-order valence-electron chi connectivity index (χ1n) is 9.09. The minimum Gasteiger partial charge on any atom is -0.469 e. The minimum atomic E-state index is -1.74. The van der Waals surface area contributed by atoms with E-state index in [2.05, 4.69) is 20.7 Å². The maximum atomic E-state index is 11.6. The van der Waals surface area contributed by atoms with Gasteiger partial charge in [0.25, 0.3) is 0 Å². The third kappa shape index (κ3) is 8.55. The Bertz CT molecular complexity index is 575. The molecular weight excluding hydrogens is 432 g/mol. The molecule has 28 heavy (non-hydrogen) atoms. The standard InChI is InChI=1S/C20H31BrO7/c1-14(7-8-15(25-2)6-5-9-21)10-17(22)18-11-16(26-3)12-20(24,28-18)13-19(23)27-4/h5,7-10,15-18,22,24H,6,11-13H2,1-4H3/b8-7+,9-5+,14-10+/t15-,16-,17-,18-,20+/m1/s1. The van der Waals surface area contributed by atoms with E-state index in [9.17, 15) is 15.0 Å². The lowest BCUT2D eigenvalue weighted by molar-refractivity contribution is -0.287. The van der Waals surface area contributed by atoms with Crippen molar-refractivity contribution in [3.63, 3.8) is 0 Å². The topological polar surface area (TPSA) is 94.5 Å². The maximum absolute atomic E-state index is 11.6. The number of ether oxygens (including phenoxy) is 4. The van der Waals surface area contributed by atoms with E-state index in [1.807, 2.05) is 25.2 Å². The van der Waals surface area contributed by atoms with Gasteiger partial charge in [-0.1, -0.05) is 45.8 Å². The van der Waals surface area contributed by atoms with Gasteiger partial charge >= 0.3 is 5.97 Å². The molecule has 1 fully saturated rings. The van der Waals surface area contributed by atoms with Crippen LogP contribution in [0.3, 0.4) is 0 Å². The number of allylic oxidation sites excluding steroid dienone is 2. The monoisotopic (exact) mass is 462 g/mol. The summed E-state index contributed by atoms with van der Waals surface area (Å²) < 4.78 is 21.0. The van der Waals surface area contributed by atoms with Gasteiger partial charge < -0.3 is 29.2 Å². The van der Waals surface area contributed by atoms with Gasteiger partial charge in [0, 0.05) is 27.1 Å². The SMILES string of the molecule is COC(=O)C[C@]1(O)C[C@H](OC)C[C@H]([C@H](O)/C=C(C)/C=C/[C@@H](C/C=C/Br)OC)O1. The average molecular weight is 463 g/mol. The van der Waals surface area contributed by atoms with Gasteiger partial charge in [0.1, 0.15) is 0 Å². The molecule has 1 aliphatic heterocycles. The predicted molar refractivity (Wildman–Crippen MR) is 109 cm³/mol.